The lowest BCUT2D eigenvalue weighted by molar-refractivity contribution is 0.291. The Morgan fingerprint density at radius 2 is 2.05 bits per heavy atom. The number of benzene rings is 1. The Bertz CT molecular complexity index is 647. The Labute approximate surface area is 113 Å². The molecule has 0 saturated carbocycles. The van der Waals surface area contributed by atoms with Gasteiger partial charge in [-0.25, -0.2) is 4.98 Å². The standard InChI is InChI=1S/C16H18N2O/c1-10-6-15(17)18-8-12(10)11-4-5-14-13(7-11)16(2,3)9-19-14/h4-8H,9H2,1-3H3,(H2,17,18). The van der Waals surface area contributed by atoms with Gasteiger partial charge in [-0.3, -0.25) is 0 Å². The van der Waals surface area contributed by atoms with Crippen molar-refractivity contribution in [2.24, 2.45) is 0 Å². The van der Waals surface area contributed by atoms with E-state index in [1.54, 1.807) is 0 Å². The molecule has 0 aliphatic carbocycles. The fourth-order valence-corrected chi connectivity index (χ4v) is 2.57. The van der Waals surface area contributed by atoms with E-state index in [1.807, 2.05) is 12.3 Å². The number of hydrogen-bond acceptors (Lipinski definition) is 3. The Kier molecular flexibility index (Phi) is 2.52. The highest BCUT2D eigenvalue weighted by atomic mass is 16.5. The van der Waals surface area contributed by atoms with Gasteiger partial charge >= 0.3 is 0 Å². The van der Waals surface area contributed by atoms with Gasteiger partial charge < -0.3 is 10.5 Å². The lowest BCUT2D eigenvalue weighted by atomic mass is 9.85. The second kappa shape index (κ2) is 3.98. The van der Waals surface area contributed by atoms with Crippen molar-refractivity contribution in [3.8, 4) is 16.9 Å². The number of nitrogens with two attached hydrogens (primary N) is 1. The van der Waals surface area contributed by atoms with Crippen LogP contribution in [0.1, 0.15) is 25.0 Å². The zero-order valence-corrected chi connectivity index (χ0v) is 11.5. The highest BCUT2D eigenvalue weighted by molar-refractivity contribution is 5.70. The van der Waals surface area contributed by atoms with Gasteiger partial charge in [-0.05, 0) is 36.2 Å². The third-order valence-electron chi connectivity index (χ3n) is 3.74. The Balaban J connectivity index is 2.13. The summed E-state index contributed by atoms with van der Waals surface area (Å²) in [6.07, 6.45) is 1.84. The number of hydrogen-bond donors (Lipinski definition) is 1. The van der Waals surface area contributed by atoms with Crippen LogP contribution in [0.15, 0.2) is 30.5 Å². The molecule has 0 radical (unpaired) electrons. The van der Waals surface area contributed by atoms with Crippen LogP contribution in [-0.4, -0.2) is 11.6 Å². The van der Waals surface area contributed by atoms with E-state index < -0.39 is 0 Å². The summed E-state index contributed by atoms with van der Waals surface area (Å²) in [7, 11) is 0. The summed E-state index contributed by atoms with van der Waals surface area (Å²) in [6, 6.07) is 8.25. The summed E-state index contributed by atoms with van der Waals surface area (Å²) >= 11 is 0. The molecule has 3 heteroatoms. The van der Waals surface area contributed by atoms with Gasteiger partial charge in [-0.1, -0.05) is 19.9 Å². The zero-order chi connectivity index (χ0) is 13.6. The molecule has 2 heterocycles. The maximum atomic E-state index is 5.72. The third kappa shape index (κ3) is 1.95. The molecular weight excluding hydrogens is 236 g/mol. The summed E-state index contributed by atoms with van der Waals surface area (Å²) < 4.78 is 5.72. The summed E-state index contributed by atoms with van der Waals surface area (Å²) in [5.74, 6) is 1.56. The largest absolute Gasteiger partial charge is 0.492 e. The summed E-state index contributed by atoms with van der Waals surface area (Å²) in [4.78, 5) is 4.19. The first-order chi connectivity index (χ1) is 8.97. The highest BCUT2D eigenvalue weighted by Crippen LogP contribution is 2.40. The first-order valence-electron chi connectivity index (χ1n) is 6.47. The van der Waals surface area contributed by atoms with Gasteiger partial charge in [0.1, 0.15) is 11.6 Å². The van der Waals surface area contributed by atoms with Gasteiger partial charge in [-0.2, -0.15) is 0 Å². The maximum Gasteiger partial charge on any atom is 0.123 e. The van der Waals surface area contributed by atoms with Crippen molar-refractivity contribution in [3.05, 3.63) is 41.6 Å². The van der Waals surface area contributed by atoms with E-state index in [0.29, 0.717) is 5.82 Å². The quantitative estimate of drug-likeness (QED) is 0.849. The summed E-state index contributed by atoms with van der Waals surface area (Å²) in [5, 5.41) is 0. The van der Waals surface area contributed by atoms with E-state index >= 15 is 0 Å². The van der Waals surface area contributed by atoms with Crippen LogP contribution in [0.3, 0.4) is 0 Å². The van der Waals surface area contributed by atoms with Crippen LogP contribution >= 0.6 is 0 Å². The fourth-order valence-electron chi connectivity index (χ4n) is 2.57. The van der Waals surface area contributed by atoms with E-state index in [0.717, 1.165) is 23.5 Å². The monoisotopic (exact) mass is 254 g/mol. The molecule has 3 rings (SSSR count). The van der Waals surface area contributed by atoms with E-state index in [9.17, 15) is 0 Å². The minimum absolute atomic E-state index is 0.0699. The minimum atomic E-state index is 0.0699. The number of aromatic nitrogens is 1. The average molecular weight is 254 g/mol. The van der Waals surface area contributed by atoms with Crippen LogP contribution in [0.4, 0.5) is 5.82 Å². The van der Waals surface area contributed by atoms with Gasteiger partial charge in [0.25, 0.3) is 0 Å². The van der Waals surface area contributed by atoms with Crippen molar-refractivity contribution in [2.45, 2.75) is 26.2 Å². The first kappa shape index (κ1) is 12.0. The van der Waals surface area contributed by atoms with Crippen LogP contribution < -0.4 is 10.5 Å². The molecule has 1 aromatic carbocycles. The highest BCUT2D eigenvalue weighted by Gasteiger charge is 2.31. The van der Waals surface area contributed by atoms with Crippen molar-refractivity contribution in [1.82, 2.24) is 4.98 Å². The van der Waals surface area contributed by atoms with Crippen molar-refractivity contribution < 1.29 is 4.74 Å². The SMILES string of the molecule is Cc1cc(N)ncc1-c1ccc2c(c1)C(C)(C)CO2. The average Bonchev–Trinajstić information content (AvgIpc) is 2.65. The Morgan fingerprint density at radius 1 is 1.26 bits per heavy atom. The zero-order valence-electron chi connectivity index (χ0n) is 11.5. The third-order valence-corrected chi connectivity index (χ3v) is 3.74. The van der Waals surface area contributed by atoms with Crippen molar-refractivity contribution in [2.75, 3.05) is 12.3 Å². The number of nitrogen functional groups attached to an aromatic ring is 1. The number of ether oxygens (including phenoxy) is 1. The normalized spacial score (nSPS) is 15.9. The maximum absolute atomic E-state index is 5.72. The van der Waals surface area contributed by atoms with Gasteiger partial charge in [0.15, 0.2) is 0 Å². The second-order valence-corrected chi connectivity index (χ2v) is 5.81. The molecule has 19 heavy (non-hydrogen) atoms. The molecule has 0 atom stereocenters. The molecule has 2 N–H and O–H groups in total. The second-order valence-electron chi connectivity index (χ2n) is 5.81. The number of fused-ring (bicyclic) bond motifs is 1. The van der Waals surface area contributed by atoms with E-state index in [2.05, 4.69) is 44.0 Å². The number of nitrogens with zero attached hydrogens (tertiary/aromatic N) is 1. The smallest absolute Gasteiger partial charge is 0.123 e. The Morgan fingerprint density at radius 3 is 2.79 bits per heavy atom. The summed E-state index contributed by atoms with van der Waals surface area (Å²) in [6.45, 7) is 7.21. The molecule has 0 bridgehead atoms. The van der Waals surface area contributed by atoms with E-state index in [4.69, 9.17) is 10.5 Å². The van der Waals surface area contributed by atoms with Gasteiger partial charge in [-0.15, -0.1) is 0 Å². The molecule has 0 fully saturated rings. The lowest BCUT2D eigenvalue weighted by Gasteiger charge is -2.16. The molecular formula is C16H18N2O. The number of aryl methyl sites for hydroxylation is 1. The van der Waals surface area contributed by atoms with Crippen molar-refractivity contribution >= 4 is 5.82 Å². The lowest BCUT2D eigenvalue weighted by Crippen LogP contribution is -2.18. The molecule has 0 saturated heterocycles. The van der Waals surface area contributed by atoms with Crippen LogP contribution in [-0.2, 0) is 5.41 Å². The molecule has 1 aromatic heterocycles. The number of rotatable bonds is 1. The van der Waals surface area contributed by atoms with Crippen LogP contribution in [0.5, 0.6) is 5.75 Å². The fraction of sp³-hybridized carbons (Fsp3) is 0.312. The molecule has 1 aliphatic rings. The number of anilines is 1. The van der Waals surface area contributed by atoms with Crippen molar-refractivity contribution in [1.29, 1.82) is 0 Å². The molecule has 3 nitrogen and oxygen atoms in total. The van der Waals surface area contributed by atoms with E-state index in [-0.39, 0.29) is 5.41 Å². The molecule has 0 amide bonds. The predicted octanol–water partition coefficient (Wildman–Crippen LogP) is 3.31. The molecule has 0 unspecified atom stereocenters. The molecule has 0 spiro atoms. The van der Waals surface area contributed by atoms with Gasteiger partial charge in [0, 0.05) is 22.7 Å². The minimum Gasteiger partial charge on any atom is -0.492 e. The van der Waals surface area contributed by atoms with Crippen LogP contribution in [0, 0.1) is 6.92 Å². The molecule has 2 aromatic rings. The molecule has 1 aliphatic heterocycles. The van der Waals surface area contributed by atoms with Crippen LogP contribution in [0.25, 0.3) is 11.1 Å². The first-order valence-corrected chi connectivity index (χ1v) is 6.47. The number of pyridine rings is 1. The van der Waals surface area contributed by atoms with Crippen LogP contribution in [0.2, 0.25) is 0 Å². The summed E-state index contributed by atoms with van der Waals surface area (Å²) in [5.41, 5.74) is 10.5. The van der Waals surface area contributed by atoms with E-state index in [1.165, 1.54) is 11.1 Å². The topological polar surface area (TPSA) is 48.1 Å². The predicted molar refractivity (Wildman–Crippen MR) is 77.3 cm³/mol. The van der Waals surface area contributed by atoms with Gasteiger partial charge in [0.05, 0.1) is 6.61 Å². The van der Waals surface area contributed by atoms with Crippen molar-refractivity contribution in [3.63, 3.8) is 0 Å². The Hall–Kier alpha value is -2.03. The van der Waals surface area contributed by atoms with Gasteiger partial charge in [0.2, 0.25) is 0 Å². The molecule has 98 valence electrons.